The van der Waals surface area contributed by atoms with Crippen LogP contribution < -0.4 is 4.74 Å². The molecule has 1 aliphatic heterocycles. The minimum atomic E-state index is -0.647. The second kappa shape index (κ2) is 11.5. The molecule has 6 heteroatoms. The van der Waals surface area contributed by atoms with Gasteiger partial charge < -0.3 is 19.6 Å². The fraction of sp³-hybridized carbons (Fsp3) is 0.448. The van der Waals surface area contributed by atoms with Gasteiger partial charge in [-0.2, -0.15) is 0 Å². The van der Waals surface area contributed by atoms with E-state index < -0.39 is 17.7 Å². The van der Waals surface area contributed by atoms with Crippen molar-refractivity contribution < 1.29 is 19.4 Å². The van der Waals surface area contributed by atoms with Crippen LogP contribution in [0.4, 0.5) is 0 Å². The summed E-state index contributed by atoms with van der Waals surface area (Å²) in [5.74, 6) is -0.280. The molecule has 1 aliphatic rings. The Morgan fingerprint density at radius 1 is 1.06 bits per heavy atom. The lowest BCUT2D eigenvalue weighted by Gasteiger charge is -2.28. The third-order valence-electron chi connectivity index (χ3n) is 6.76. The second-order valence-corrected chi connectivity index (χ2v) is 9.25. The van der Waals surface area contributed by atoms with E-state index in [2.05, 4.69) is 32.6 Å². The van der Waals surface area contributed by atoms with Crippen LogP contribution in [0.1, 0.15) is 68.8 Å². The fourth-order valence-electron chi connectivity index (χ4n) is 4.58. The molecule has 35 heavy (non-hydrogen) atoms. The third kappa shape index (κ3) is 5.59. The van der Waals surface area contributed by atoms with E-state index >= 15 is 0 Å². The Bertz CT molecular complexity index is 1080. The summed E-state index contributed by atoms with van der Waals surface area (Å²) in [6, 6.07) is 12.7. The van der Waals surface area contributed by atoms with Gasteiger partial charge in [0.15, 0.2) is 0 Å². The molecule has 1 heterocycles. The quantitative estimate of drug-likeness (QED) is 0.286. The lowest BCUT2D eigenvalue weighted by atomic mass is 9.93. The SMILES string of the molecule is CCOc1ccc(/C(O)=C2\C(=O)C(=O)N(CCN(CC)CC)C2c2ccc(C(C)C)cc2)cc1C. The van der Waals surface area contributed by atoms with Crippen LogP contribution in [0.25, 0.3) is 5.76 Å². The van der Waals surface area contributed by atoms with Gasteiger partial charge in [0.25, 0.3) is 11.7 Å². The van der Waals surface area contributed by atoms with E-state index in [9.17, 15) is 14.7 Å². The van der Waals surface area contributed by atoms with E-state index in [-0.39, 0.29) is 11.3 Å². The summed E-state index contributed by atoms with van der Waals surface area (Å²) in [6.07, 6.45) is 0. The number of ketones is 1. The molecule has 2 aromatic rings. The Balaban J connectivity index is 2.10. The van der Waals surface area contributed by atoms with Crippen molar-refractivity contribution in [3.05, 3.63) is 70.3 Å². The van der Waals surface area contributed by atoms with Crippen molar-refractivity contribution in [1.29, 1.82) is 0 Å². The monoisotopic (exact) mass is 478 g/mol. The highest BCUT2D eigenvalue weighted by atomic mass is 16.5. The van der Waals surface area contributed by atoms with Gasteiger partial charge in [-0.05, 0) is 67.7 Å². The lowest BCUT2D eigenvalue weighted by molar-refractivity contribution is -0.140. The average molecular weight is 479 g/mol. The zero-order valence-electron chi connectivity index (χ0n) is 21.8. The van der Waals surface area contributed by atoms with Gasteiger partial charge in [0, 0.05) is 18.7 Å². The zero-order chi connectivity index (χ0) is 25.7. The van der Waals surface area contributed by atoms with Crippen LogP contribution in [-0.2, 0) is 9.59 Å². The van der Waals surface area contributed by atoms with E-state index in [4.69, 9.17) is 4.74 Å². The van der Waals surface area contributed by atoms with Gasteiger partial charge in [0.05, 0.1) is 18.2 Å². The molecule has 2 aromatic carbocycles. The first kappa shape index (κ1) is 26.5. The van der Waals surface area contributed by atoms with Crippen LogP contribution in [0.15, 0.2) is 48.0 Å². The van der Waals surface area contributed by atoms with Gasteiger partial charge in [-0.1, -0.05) is 52.0 Å². The highest BCUT2D eigenvalue weighted by Gasteiger charge is 2.46. The molecule has 3 rings (SSSR count). The predicted molar refractivity (Wildman–Crippen MR) is 140 cm³/mol. The highest BCUT2D eigenvalue weighted by molar-refractivity contribution is 6.46. The molecule has 0 saturated carbocycles. The number of rotatable bonds is 10. The van der Waals surface area contributed by atoms with Crippen LogP contribution >= 0.6 is 0 Å². The molecule has 0 aromatic heterocycles. The Kier molecular flexibility index (Phi) is 8.73. The van der Waals surface area contributed by atoms with E-state index in [1.165, 1.54) is 5.56 Å². The van der Waals surface area contributed by atoms with Gasteiger partial charge in [-0.3, -0.25) is 9.59 Å². The third-order valence-corrected chi connectivity index (χ3v) is 6.76. The predicted octanol–water partition coefficient (Wildman–Crippen LogP) is 5.28. The van der Waals surface area contributed by atoms with E-state index in [1.54, 1.807) is 23.1 Å². The topological polar surface area (TPSA) is 70.1 Å². The number of likely N-dealkylation sites (N-methyl/N-ethyl adjacent to an activating group) is 1. The first-order valence-corrected chi connectivity index (χ1v) is 12.6. The van der Waals surface area contributed by atoms with Gasteiger partial charge in [-0.15, -0.1) is 0 Å². The first-order valence-electron chi connectivity index (χ1n) is 12.6. The summed E-state index contributed by atoms with van der Waals surface area (Å²) < 4.78 is 5.62. The van der Waals surface area contributed by atoms with E-state index in [0.717, 1.165) is 30.0 Å². The number of hydrogen-bond donors (Lipinski definition) is 1. The van der Waals surface area contributed by atoms with Crippen molar-refractivity contribution in [3.8, 4) is 5.75 Å². The second-order valence-electron chi connectivity index (χ2n) is 9.25. The van der Waals surface area contributed by atoms with Crippen molar-refractivity contribution in [2.45, 2.75) is 53.5 Å². The Labute approximate surface area is 209 Å². The van der Waals surface area contributed by atoms with Crippen molar-refractivity contribution in [2.24, 2.45) is 0 Å². The summed E-state index contributed by atoms with van der Waals surface area (Å²) in [5, 5.41) is 11.3. The first-order chi connectivity index (χ1) is 16.7. The summed E-state index contributed by atoms with van der Waals surface area (Å²) in [6.45, 7) is 15.5. The number of carbonyl (C=O) groups excluding carboxylic acids is 2. The van der Waals surface area contributed by atoms with Crippen LogP contribution in [0.3, 0.4) is 0 Å². The van der Waals surface area contributed by atoms with Crippen molar-refractivity contribution in [2.75, 3.05) is 32.8 Å². The molecule has 188 valence electrons. The number of aryl methyl sites for hydroxylation is 1. The van der Waals surface area contributed by atoms with Crippen LogP contribution in [-0.4, -0.2) is 59.4 Å². The summed E-state index contributed by atoms with van der Waals surface area (Å²) in [5.41, 5.74) is 3.48. The van der Waals surface area contributed by atoms with Crippen molar-refractivity contribution >= 4 is 17.4 Å². The summed E-state index contributed by atoms with van der Waals surface area (Å²) in [4.78, 5) is 30.3. The molecule has 1 saturated heterocycles. The van der Waals surface area contributed by atoms with Gasteiger partial charge in [0.2, 0.25) is 0 Å². The standard InChI is InChI=1S/C29H38N2O4/c1-7-30(8-2)16-17-31-26(22-12-10-21(11-13-22)19(4)5)25(28(33)29(31)34)27(32)23-14-15-24(35-9-3)20(6)18-23/h10-15,18-19,26,32H,7-9,16-17H2,1-6H3/b27-25+. The molecule has 0 spiro atoms. The van der Waals surface area contributed by atoms with Crippen molar-refractivity contribution in [3.63, 3.8) is 0 Å². The smallest absolute Gasteiger partial charge is 0.295 e. The van der Waals surface area contributed by atoms with Crippen molar-refractivity contribution in [1.82, 2.24) is 9.80 Å². The average Bonchev–Trinajstić information content (AvgIpc) is 3.10. The largest absolute Gasteiger partial charge is 0.507 e. The summed E-state index contributed by atoms with van der Waals surface area (Å²) >= 11 is 0. The molecular weight excluding hydrogens is 440 g/mol. The zero-order valence-corrected chi connectivity index (χ0v) is 21.8. The minimum Gasteiger partial charge on any atom is -0.507 e. The lowest BCUT2D eigenvalue weighted by Crippen LogP contribution is -2.38. The fourth-order valence-corrected chi connectivity index (χ4v) is 4.58. The summed E-state index contributed by atoms with van der Waals surface area (Å²) in [7, 11) is 0. The number of aliphatic hydroxyl groups excluding tert-OH is 1. The minimum absolute atomic E-state index is 0.135. The molecule has 1 unspecified atom stereocenters. The Hall–Kier alpha value is -3.12. The molecule has 1 atom stereocenters. The molecule has 0 radical (unpaired) electrons. The maximum Gasteiger partial charge on any atom is 0.295 e. The molecule has 1 amide bonds. The molecule has 0 bridgehead atoms. The van der Waals surface area contributed by atoms with Crippen LogP contribution in [0.5, 0.6) is 5.75 Å². The van der Waals surface area contributed by atoms with Gasteiger partial charge >= 0.3 is 0 Å². The number of ether oxygens (including phenoxy) is 1. The molecule has 0 aliphatic carbocycles. The van der Waals surface area contributed by atoms with Crippen LogP contribution in [0.2, 0.25) is 0 Å². The Morgan fingerprint density at radius 3 is 2.26 bits per heavy atom. The number of hydrogen-bond acceptors (Lipinski definition) is 5. The number of Topliss-reactive ketones (excluding diaryl/α,β-unsaturated/α-hetero) is 1. The molecule has 1 N–H and O–H groups in total. The number of likely N-dealkylation sites (tertiary alicyclic amines) is 1. The normalized spacial score (nSPS) is 17.6. The van der Waals surface area contributed by atoms with Gasteiger partial charge in [0.1, 0.15) is 11.5 Å². The molecule has 1 fully saturated rings. The maximum atomic E-state index is 13.3. The molecular formula is C29H38N2O4. The Morgan fingerprint density at radius 2 is 1.71 bits per heavy atom. The van der Waals surface area contributed by atoms with Gasteiger partial charge in [-0.25, -0.2) is 0 Å². The number of amides is 1. The maximum absolute atomic E-state index is 13.3. The number of carbonyl (C=O) groups is 2. The number of benzene rings is 2. The van der Waals surface area contributed by atoms with E-state index in [1.807, 2.05) is 38.1 Å². The van der Waals surface area contributed by atoms with E-state index in [0.29, 0.717) is 31.2 Å². The number of nitrogens with zero attached hydrogens (tertiary/aromatic N) is 2. The molecule has 6 nitrogen and oxygen atoms in total. The van der Waals surface area contributed by atoms with Crippen LogP contribution in [0, 0.1) is 6.92 Å². The number of aliphatic hydroxyl groups is 1. The highest BCUT2D eigenvalue weighted by Crippen LogP contribution is 2.40.